The number of fused-ring (bicyclic) bond motifs is 1. The van der Waals surface area contributed by atoms with E-state index in [2.05, 4.69) is 13.5 Å². The summed E-state index contributed by atoms with van der Waals surface area (Å²) in [6.45, 7) is 6.25. The number of cyclic esters (lactones) is 1. The van der Waals surface area contributed by atoms with Gasteiger partial charge in [0, 0.05) is 5.56 Å². The molecule has 2 nitrogen and oxygen atoms in total. The van der Waals surface area contributed by atoms with Crippen molar-refractivity contribution in [3.05, 3.63) is 41.0 Å². The molecular weight excluding hydrogens is 176 g/mol. The molecule has 0 atom stereocenters. The van der Waals surface area contributed by atoms with Crippen molar-refractivity contribution in [1.29, 1.82) is 0 Å². The second-order valence-electron chi connectivity index (χ2n) is 3.29. The molecule has 14 heavy (non-hydrogen) atoms. The number of ether oxygens (including phenoxy) is 1. The van der Waals surface area contributed by atoms with Crippen LogP contribution in [0.4, 0.5) is 0 Å². The standard InChI is InChI=1S/C12H12O2/c1-3-8-5-6-10-11(9(8)4-2)7-14-12(10)13/h3,5-6H,1,4,7H2,2H3. The van der Waals surface area contributed by atoms with Crippen LogP contribution in [0.15, 0.2) is 18.7 Å². The monoisotopic (exact) mass is 188 g/mol. The Morgan fingerprint density at radius 2 is 2.36 bits per heavy atom. The number of hydrogen-bond donors (Lipinski definition) is 0. The van der Waals surface area contributed by atoms with Gasteiger partial charge in [-0.05, 0) is 23.6 Å². The minimum atomic E-state index is -0.203. The van der Waals surface area contributed by atoms with E-state index in [1.165, 1.54) is 5.56 Å². The smallest absolute Gasteiger partial charge is 0.338 e. The summed E-state index contributed by atoms with van der Waals surface area (Å²) in [5, 5.41) is 0. The summed E-state index contributed by atoms with van der Waals surface area (Å²) < 4.78 is 4.99. The summed E-state index contributed by atoms with van der Waals surface area (Å²) in [6.07, 6.45) is 2.73. The van der Waals surface area contributed by atoms with E-state index in [-0.39, 0.29) is 5.97 Å². The van der Waals surface area contributed by atoms with Gasteiger partial charge in [-0.3, -0.25) is 0 Å². The Hall–Kier alpha value is -1.57. The molecule has 72 valence electrons. The molecule has 0 saturated heterocycles. The Bertz CT molecular complexity index is 405. The normalized spacial score (nSPS) is 13.6. The maximum atomic E-state index is 11.3. The lowest BCUT2D eigenvalue weighted by Gasteiger charge is -2.07. The zero-order valence-electron chi connectivity index (χ0n) is 8.17. The molecule has 0 fully saturated rings. The Kier molecular flexibility index (Phi) is 2.12. The molecule has 2 rings (SSSR count). The Morgan fingerprint density at radius 1 is 1.57 bits per heavy atom. The van der Waals surface area contributed by atoms with E-state index in [0.717, 1.165) is 17.5 Å². The first-order chi connectivity index (χ1) is 6.77. The summed E-state index contributed by atoms with van der Waals surface area (Å²) in [7, 11) is 0. The van der Waals surface area contributed by atoms with Crippen molar-refractivity contribution >= 4 is 12.0 Å². The van der Waals surface area contributed by atoms with Crippen molar-refractivity contribution in [3.63, 3.8) is 0 Å². The minimum absolute atomic E-state index is 0.203. The van der Waals surface area contributed by atoms with Crippen LogP contribution in [-0.2, 0) is 17.8 Å². The number of rotatable bonds is 2. The van der Waals surface area contributed by atoms with Crippen LogP contribution in [0.1, 0.15) is 34.0 Å². The SMILES string of the molecule is C=Cc1ccc2c(c1CC)COC2=O. The van der Waals surface area contributed by atoms with Gasteiger partial charge in [-0.25, -0.2) is 4.79 Å². The highest BCUT2D eigenvalue weighted by atomic mass is 16.5. The topological polar surface area (TPSA) is 26.3 Å². The third-order valence-corrected chi connectivity index (χ3v) is 2.61. The molecule has 1 aliphatic rings. The van der Waals surface area contributed by atoms with Crippen LogP contribution in [-0.4, -0.2) is 5.97 Å². The fraction of sp³-hybridized carbons (Fsp3) is 0.250. The quantitative estimate of drug-likeness (QED) is 0.667. The van der Waals surface area contributed by atoms with Crippen LogP contribution in [0.3, 0.4) is 0 Å². The Balaban J connectivity index is 2.65. The van der Waals surface area contributed by atoms with Crippen LogP contribution in [0.5, 0.6) is 0 Å². The average Bonchev–Trinajstić information content (AvgIpc) is 2.59. The molecule has 1 aromatic carbocycles. The van der Waals surface area contributed by atoms with E-state index in [4.69, 9.17) is 4.74 Å². The lowest BCUT2D eigenvalue weighted by Crippen LogP contribution is -1.97. The minimum Gasteiger partial charge on any atom is -0.457 e. The predicted octanol–water partition coefficient (Wildman–Crippen LogP) is 2.56. The first kappa shape index (κ1) is 9.00. The highest BCUT2D eigenvalue weighted by molar-refractivity contribution is 5.94. The molecule has 1 aliphatic heterocycles. The molecule has 0 radical (unpaired) electrons. The Labute approximate surface area is 83.2 Å². The van der Waals surface area contributed by atoms with Crippen molar-refractivity contribution in [2.75, 3.05) is 0 Å². The molecule has 0 saturated carbocycles. The summed E-state index contributed by atoms with van der Waals surface area (Å²) in [5.74, 6) is -0.203. The molecule has 1 heterocycles. The van der Waals surface area contributed by atoms with Gasteiger partial charge in [-0.2, -0.15) is 0 Å². The molecule has 0 aliphatic carbocycles. The molecule has 0 amide bonds. The van der Waals surface area contributed by atoms with E-state index in [1.54, 1.807) is 0 Å². The predicted molar refractivity (Wildman–Crippen MR) is 55.0 cm³/mol. The molecule has 0 bridgehead atoms. The van der Waals surface area contributed by atoms with Crippen molar-refractivity contribution in [3.8, 4) is 0 Å². The summed E-state index contributed by atoms with van der Waals surface area (Å²) in [5.41, 5.74) is 4.04. The van der Waals surface area contributed by atoms with E-state index < -0.39 is 0 Å². The van der Waals surface area contributed by atoms with E-state index in [0.29, 0.717) is 12.2 Å². The van der Waals surface area contributed by atoms with Gasteiger partial charge >= 0.3 is 5.97 Å². The summed E-state index contributed by atoms with van der Waals surface area (Å²) >= 11 is 0. The highest BCUT2D eigenvalue weighted by Gasteiger charge is 2.23. The second kappa shape index (κ2) is 3.29. The van der Waals surface area contributed by atoms with Crippen molar-refractivity contribution in [1.82, 2.24) is 0 Å². The third kappa shape index (κ3) is 1.15. The van der Waals surface area contributed by atoms with Crippen LogP contribution < -0.4 is 0 Å². The maximum Gasteiger partial charge on any atom is 0.338 e. The van der Waals surface area contributed by atoms with Gasteiger partial charge in [0.2, 0.25) is 0 Å². The van der Waals surface area contributed by atoms with Gasteiger partial charge in [0.25, 0.3) is 0 Å². The molecule has 1 aromatic rings. The van der Waals surface area contributed by atoms with E-state index >= 15 is 0 Å². The molecule has 2 heteroatoms. The van der Waals surface area contributed by atoms with Crippen LogP contribution in [0, 0.1) is 0 Å². The first-order valence-corrected chi connectivity index (χ1v) is 4.72. The second-order valence-corrected chi connectivity index (χ2v) is 3.29. The summed E-state index contributed by atoms with van der Waals surface area (Å²) in [4.78, 5) is 11.3. The molecular formula is C12H12O2. The fourth-order valence-corrected chi connectivity index (χ4v) is 1.89. The van der Waals surface area contributed by atoms with Gasteiger partial charge < -0.3 is 4.74 Å². The van der Waals surface area contributed by atoms with E-state index in [9.17, 15) is 4.79 Å². The number of benzene rings is 1. The fourth-order valence-electron chi connectivity index (χ4n) is 1.89. The largest absolute Gasteiger partial charge is 0.457 e. The molecule has 0 unspecified atom stereocenters. The maximum absolute atomic E-state index is 11.3. The van der Waals surface area contributed by atoms with Crippen molar-refractivity contribution in [2.45, 2.75) is 20.0 Å². The van der Waals surface area contributed by atoms with Gasteiger partial charge in [0.05, 0.1) is 5.56 Å². The zero-order chi connectivity index (χ0) is 10.1. The number of carbonyl (C=O) groups is 1. The molecule has 0 N–H and O–H groups in total. The summed E-state index contributed by atoms with van der Waals surface area (Å²) in [6, 6.07) is 3.75. The van der Waals surface area contributed by atoms with Gasteiger partial charge in [-0.1, -0.05) is 25.6 Å². The highest BCUT2D eigenvalue weighted by Crippen LogP contribution is 2.27. The lowest BCUT2D eigenvalue weighted by molar-refractivity contribution is 0.0535. The van der Waals surface area contributed by atoms with Crippen LogP contribution >= 0.6 is 0 Å². The van der Waals surface area contributed by atoms with Gasteiger partial charge in [-0.15, -0.1) is 0 Å². The number of esters is 1. The van der Waals surface area contributed by atoms with Crippen LogP contribution in [0.25, 0.3) is 6.08 Å². The van der Waals surface area contributed by atoms with E-state index in [1.807, 2.05) is 18.2 Å². The van der Waals surface area contributed by atoms with Crippen molar-refractivity contribution < 1.29 is 9.53 Å². The van der Waals surface area contributed by atoms with Crippen molar-refractivity contribution in [2.24, 2.45) is 0 Å². The zero-order valence-corrected chi connectivity index (χ0v) is 8.17. The number of hydrogen-bond acceptors (Lipinski definition) is 2. The number of carbonyl (C=O) groups excluding carboxylic acids is 1. The average molecular weight is 188 g/mol. The molecule has 0 aromatic heterocycles. The third-order valence-electron chi connectivity index (χ3n) is 2.61. The first-order valence-electron chi connectivity index (χ1n) is 4.72. The van der Waals surface area contributed by atoms with Gasteiger partial charge in [0.15, 0.2) is 0 Å². The van der Waals surface area contributed by atoms with Crippen LogP contribution in [0.2, 0.25) is 0 Å². The Morgan fingerprint density at radius 3 is 3.00 bits per heavy atom. The van der Waals surface area contributed by atoms with Gasteiger partial charge in [0.1, 0.15) is 6.61 Å². The lowest BCUT2D eigenvalue weighted by atomic mass is 9.96. The molecule has 0 spiro atoms.